The van der Waals surface area contributed by atoms with E-state index in [1.807, 2.05) is 48.5 Å². The number of nitrogens with one attached hydrogen (secondary N) is 1. The molecule has 1 aromatic heterocycles. The lowest BCUT2D eigenvalue weighted by Gasteiger charge is -2.14. The van der Waals surface area contributed by atoms with Crippen molar-refractivity contribution in [2.75, 3.05) is 11.1 Å². The number of halogens is 3. The molecule has 0 atom stereocenters. The summed E-state index contributed by atoms with van der Waals surface area (Å²) in [5.74, 6) is -0.180. The molecule has 4 nitrogen and oxygen atoms in total. The van der Waals surface area contributed by atoms with E-state index in [0.29, 0.717) is 22.2 Å². The van der Waals surface area contributed by atoms with E-state index >= 15 is 0 Å². The standard InChI is InChI=1S/C24H18F3N3OS/c25-24(26,27)18-10-7-13-20(14-18)30-21(17-8-3-1-4-9-17)15-28-23(30)32-16-22(31)29-19-11-5-2-6-12-19/h1-15H,16H2,(H,29,31). The molecule has 4 rings (SSSR count). The van der Waals surface area contributed by atoms with E-state index < -0.39 is 11.7 Å². The lowest BCUT2D eigenvalue weighted by molar-refractivity contribution is -0.137. The van der Waals surface area contributed by atoms with Crippen molar-refractivity contribution < 1.29 is 18.0 Å². The lowest BCUT2D eigenvalue weighted by atomic mass is 10.1. The molecule has 0 spiro atoms. The molecule has 1 N–H and O–H groups in total. The minimum absolute atomic E-state index is 0.0547. The molecule has 0 radical (unpaired) electrons. The smallest absolute Gasteiger partial charge is 0.325 e. The van der Waals surface area contributed by atoms with E-state index in [2.05, 4.69) is 10.3 Å². The Hall–Kier alpha value is -3.52. The summed E-state index contributed by atoms with van der Waals surface area (Å²) in [7, 11) is 0. The molecule has 0 unspecified atom stereocenters. The van der Waals surface area contributed by atoms with Gasteiger partial charge in [0.15, 0.2) is 5.16 Å². The Morgan fingerprint density at radius 2 is 1.62 bits per heavy atom. The summed E-state index contributed by atoms with van der Waals surface area (Å²) >= 11 is 1.16. The third-order valence-corrected chi connectivity index (χ3v) is 5.57. The Bertz CT molecular complexity index is 1210. The number of hydrogen-bond acceptors (Lipinski definition) is 3. The molecule has 4 aromatic rings. The molecule has 0 aliphatic carbocycles. The van der Waals surface area contributed by atoms with Crippen LogP contribution in [0.4, 0.5) is 18.9 Å². The summed E-state index contributed by atoms with van der Waals surface area (Å²) < 4.78 is 41.6. The molecule has 0 fully saturated rings. The number of carbonyl (C=O) groups excluding carboxylic acids is 1. The first-order valence-electron chi connectivity index (χ1n) is 9.70. The Labute approximate surface area is 187 Å². The normalized spacial score (nSPS) is 11.3. The van der Waals surface area contributed by atoms with Crippen molar-refractivity contribution in [1.29, 1.82) is 0 Å². The Kier molecular flexibility index (Phi) is 6.32. The van der Waals surface area contributed by atoms with Crippen molar-refractivity contribution >= 4 is 23.4 Å². The topological polar surface area (TPSA) is 46.9 Å². The highest BCUT2D eigenvalue weighted by Gasteiger charge is 2.31. The number of para-hydroxylation sites is 1. The molecule has 162 valence electrons. The molecule has 1 amide bonds. The largest absolute Gasteiger partial charge is 0.416 e. The summed E-state index contributed by atoms with van der Waals surface area (Å²) in [4.78, 5) is 16.8. The van der Waals surface area contributed by atoms with Crippen molar-refractivity contribution in [2.45, 2.75) is 11.3 Å². The van der Waals surface area contributed by atoms with Crippen LogP contribution in [0.5, 0.6) is 0 Å². The Balaban J connectivity index is 1.66. The second kappa shape index (κ2) is 9.32. The van der Waals surface area contributed by atoms with Crippen LogP contribution in [0.3, 0.4) is 0 Å². The first-order chi connectivity index (χ1) is 15.4. The second-order valence-electron chi connectivity index (χ2n) is 6.88. The van der Waals surface area contributed by atoms with Crippen molar-refractivity contribution in [3.05, 3.63) is 96.7 Å². The van der Waals surface area contributed by atoms with Crippen LogP contribution in [0.1, 0.15) is 5.56 Å². The zero-order valence-electron chi connectivity index (χ0n) is 16.7. The fourth-order valence-electron chi connectivity index (χ4n) is 3.17. The third kappa shape index (κ3) is 5.03. The van der Waals surface area contributed by atoms with Crippen LogP contribution >= 0.6 is 11.8 Å². The van der Waals surface area contributed by atoms with Gasteiger partial charge in [-0.05, 0) is 30.3 Å². The number of hydrogen-bond donors (Lipinski definition) is 1. The van der Waals surface area contributed by atoms with Crippen LogP contribution in [-0.2, 0) is 11.0 Å². The number of benzene rings is 3. The summed E-state index contributed by atoms with van der Waals surface area (Å²) in [5, 5.41) is 3.22. The van der Waals surface area contributed by atoms with Crippen molar-refractivity contribution in [3.63, 3.8) is 0 Å². The average molecular weight is 453 g/mol. The van der Waals surface area contributed by atoms with Gasteiger partial charge >= 0.3 is 6.18 Å². The molecule has 0 bridgehead atoms. The number of aromatic nitrogens is 2. The first-order valence-corrected chi connectivity index (χ1v) is 10.7. The molecule has 3 aromatic carbocycles. The van der Waals surface area contributed by atoms with Crippen LogP contribution in [0.25, 0.3) is 16.9 Å². The predicted molar refractivity (Wildman–Crippen MR) is 120 cm³/mol. The third-order valence-electron chi connectivity index (χ3n) is 4.62. The highest BCUT2D eigenvalue weighted by molar-refractivity contribution is 7.99. The number of imidazole rings is 1. The SMILES string of the molecule is O=C(CSc1ncc(-c2ccccc2)n1-c1cccc(C(F)(F)F)c1)Nc1ccccc1. The number of amides is 1. The summed E-state index contributed by atoms with van der Waals surface area (Å²) in [6, 6.07) is 23.4. The van der Waals surface area contributed by atoms with Crippen LogP contribution in [0.2, 0.25) is 0 Å². The lowest BCUT2D eigenvalue weighted by Crippen LogP contribution is -2.14. The molecule has 1 heterocycles. The zero-order valence-corrected chi connectivity index (χ0v) is 17.5. The van der Waals surface area contributed by atoms with Gasteiger partial charge in [0.2, 0.25) is 5.91 Å². The van der Waals surface area contributed by atoms with Crippen LogP contribution in [0.15, 0.2) is 96.3 Å². The van der Waals surface area contributed by atoms with E-state index in [1.54, 1.807) is 29.0 Å². The van der Waals surface area contributed by atoms with Crippen LogP contribution in [-0.4, -0.2) is 21.2 Å². The highest BCUT2D eigenvalue weighted by Crippen LogP contribution is 2.34. The Morgan fingerprint density at radius 3 is 2.31 bits per heavy atom. The molecule has 8 heteroatoms. The minimum atomic E-state index is -4.47. The van der Waals surface area contributed by atoms with Crippen molar-refractivity contribution in [2.24, 2.45) is 0 Å². The maximum Gasteiger partial charge on any atom is 0.416 e. The fourth-order valence-corrected chi connectivity index (χ4v) is 3.96. The number of rotatable bonds is 6. The number of anilines is 1. The van der Waals surface area contributed by atoms with Crippen LogP contribution in [0, 0.1) is 0 Å². The van der Waals surface area contributed by atoms with E-state index in [4.69, 9.17) is 0 Å². The van der Waals surface area contributed by atoms with Crippen LogP contribution < -0.4 is 5.32 Å². The van der Waals surface area contributed by atoms with E-state index in [1.165, 1.54) is 6.07 Å². The van der Waals surface area contributed by atoms with Gasteiger partial charge in [-0.15, -0.1) is 0 Å². The van der Waals surface area contributed by atoms with Gasteiger partial charge in [-0.1, -0.05) is 66.4 Å². The predicted octanol–water partition coefficient (Wildman–Crippen LogP) is 6.29. The highest BCUT2D eigenvalue weighted by atomic mass is 32.2. The van der Waals surface area contributed by atoms with Gasteiger partial charge in [-0.25, -0.2) is 4.98 Å². The molecule has 0 aliphatic rings. The van der Waals surface area contributed by atoms with Crippen molar-refractivity contribution in [3.8, 4) is 16.9 Å². The van der Waals surface area contributed by atoms with Gasteiger partial charge in [0.05, 0.1) is 23.2 Å². The molecular formula is C24H18F3N3OS. The first kappa shape index (κ1) is 21.7. The van der Waals surface area contributed by atoms with Gasteiger partial charge in [-0.3, -0.25) is 9.36 Å². The summed E-state index contributed by atoms with van der Waals surface area (Å²) in [5.41, 5.74) is 1.68. The molecule has 0 saturated heterocycles. The zero-order chi connectivity index (χ0) is 22.6. The quantitative estimate of drug-likeness (QED) is 0.349. The maximum absolute atomic E-state index is 13.3. The minimum Gasteiger partial charge on any atom is -0.325 e. The Morgan fingerprint density at radius 1 is 0.938 bits per heavy atom. The summed E-state index contributed by atoms with van der Waals surface area (Å²) in [6.07, 6.45) is -2.86. The number of carbonyl (C=O) groups is 1. The molecule has 32 heavy (non-hydrogen) atoms. The van der Waals surface area contributed by atoms with Gasteiger partial charge in [0.25, 0.3) is 0 Å². The molecular weight excluding hydrogens is 435 g/mol. The van der Waals surface area contributed by atoms with E-state index in [9.17, 15) is 18.0 Å². The van der Waals surface area contributed by atoms with Gasteiger partial charge in [0, 0.05) is 16.9 Å². The molecule has 0 aliphatic heterocycles. The second-order valence-corrected chi connectivity index (χ2v) is 7.82. The summed E-state index contributed by atoms with van der Waals surface area (Å²) in [6.45, 7) is 0. The fraction of sp³-hybridized carbons (Fsp3) is 0.0833. The number of alkyl halides is 3. The number of thioether (sulfide) groups is 1. The van der Waals surface area contributed by atoms with E-state index in [-0.39, 0.29) is 11.7 Å². The maximum atomic E-state index is 13.3. The average Bonchev–Trinajstić information content (AvgIpc) is 3.22. The monoisotopic (exact) mass is 453 g/mol. The molecule has 0 saturated carbocycles. The van der Waals surface area contributed by atoms with Gasteiger partial charge in [-0.2, -0.15) is 13.2 Å². The van der Waals surface area contributed by atoms with Crippen molar-refractivity contribution in [1.82, 2.24) is 9.55 Å². The number of nitrogens with zero attached hydrogens (tertiary/aromatic N) is 2. The van der Waals surface area contributed by atoms with Gasteiger partial charge in [0.1, 0.15) is 0 Å². The van der Waals surface area contributed by atoms with Gasteiger partial charge < -0.3 is 5.32 Å². The van der Waals surface area contributed by atoms with E-state index in [0.717, 1.165) is 29.5 Å².